The van der Waals surface area contributed by atoms with Gasteiger partial charge in [0, 0.05) is 18.2 Å². The van der Waals surface area contributed by atoms with Crippen LogP contribution in [0.3, 0.4) is 0 Å². The standard InChI is InChI=1S/C18H26O6/c1-5-9-10-11-18(12-22-15(19)6-2,13-23-16(20)7-3)14-24-17(21)8-4/h6-8H,2-5,9-14H2,1H3. The van der Waals surface area contributed by atoms with Crippen molar-refractivity contribution >= 4 is 17.9 Å². The second-order valence-corrected chi connectivity index (χ2v) is 5.39. The smallest absolute Gasteiger partial charge is 0.330 e. The number of carbonyl (C=O) groups is 3. The summed E-state index contributed by atoms with van der Waals surface area (Å²) in [5, 5.41) is 0. The summed E-state index contributed by atoms with van der Waals surface area (Å²) in [7, 11) is 0. The Hall–Kier alpha value is -2.37. The van der Waals surface area contributed by atoms with Gasteiger partial charge < -0.3 is 14.2 Å². The normalized spacial score (nSPS) is 10.4. The van der Waals surface area contributed by atoms with E-state index in [9.17, 15) is 14.4 Å². The van der Waals surface area contributed by atoms with Gasteiger partial charge in [0.15, 0.2) is 0 Å². The summed E-state index contributed by atoms with van der Waals surface area (Å²) in [5.41, 5.74) is -0.828. The van der Waals surface area contributed by atoms with Gasteiger partial charge in [-0.25, -0.2) is 14.4 Å². The van der Waals surface area contributed by atoms with E-state index in [1.165, 1.54) is 0 Å². The molecule has 24 heavy (non-hydrogen) atoms. The van der Waals surface area contributed by atoms with Crippen molar-refractivity contribution in [3.8, 4) is 0 Å². The predicted octanol–water partition coefficient (Wildman–Crippen LogP) is 2.74. The van der Waals surface area contributed by atoms with E-state index in [1.54, 1.807) is 0 Å². The lowest BCUT2D eigenvalue weighted by molar-refractivity contribution is -0.156. The highest BCUT2D eigenvalue weighted by atomic mass is 16.6. The summed E-state index contributed by atoms with van der Waals surface area (Å²) in [5.74, 6) is -1.79. The van der Waals surface area contributed by atoms with Crippen LogP contribution < -0.4 is 0 Å². The van der Waals surface area contributed by atoms with Gasteiger partial charge in [0.2, 0.25) is 0 Å². The van der Waals surface area contributed by atoms with Crippen LogP contribution in [0.15, 0.2) is 38.0 Å². The van der Waals surface area contributed by atoms with E-state index in [0.29, 0.717) is 6.42 Å². The molecule has 0 spiro atoms. The van der Waals surface area contributed by atoms with Crippen molar-refractivity contribution in [3.05, 3.63) is 38.0 Å². The number of carbonyl (C=O) groups excluding carboxylic acids is 3. The molecule has 6 heteroatoms. The third kappa shape index (κ3) is 8.92. The maximum atomic E-state index is 11.4. The topological polar surface area (TPSA) is 78.9 Å². The molecule has 0 aliphatic heterocycles. The Labute approximate surface area is 143 Å². The van der Waals surface area contributed by atoms with Crippen LogP contribution in [0.25, 0.3) is 0 Å². The highest BCUT2D eigenvalue weighted by Crippen LogP contribution is 2.28. The third-order valence-corrected chi connectivity index (χ3v) is 3.37. The maximum absolute atomic E-state index is 11.4. The molecule has 0 radical (unpaired) electrons. The van der Waals surface area contributed by atoms with Gasteiger partial charge in [-0.3, -0.25) is 0 Å². The summed E-state index contributed by atoms with van der Waals surface area (Å²) in [6, 6.07) is 0. The van der Waals surface area contributed by atoms with Gasteiger partial charge >= 0.3 is 17.9 Å². The molecular weight excluding hydrogens is 312 g/mol. The van der Waals surface area contributed by atoms with Crippen molar-refractivity contribution in [1.29, 1.82) is 0 Å². The first-order chi connectivity index (χ1) is 11.4. The van der Waals surface area contributed by atoms with E-state index in [-0.39, 0.29) is 19.8 Å². The summed E-state index contributed by atoms with van der Waals surface area (Å²) in [6.07, 6.45) is 6.43. The lowest BCUT2D eigenvalue weighted by Gasteiger charge is -2.31. The summed E-state index contributed by atoms with van der Waals surface area (Å²) < 4.78 is 15.4. The minimum atomic E-state index is -0.828. The Morgan fingerprint density at radius 3 is 1.46 bits per heavy atom. The Kier molecular flexibility index (Phi) is 10.9. The first kappa shape index (κ1) is 21.6. The van der Waals surface area contributed by atoms with Crippen LogP contribution in [0.1, 0.15) is 32.6 Å². The molecule has 0 aromatic rings. The van der Waals surface area contributed by atoms with E-state index in [0.717, 1.165) is 37.5 Å². The zero-order valence-corrected chi connectivity index (χ0v) is 14.3. The van der Waals surface area contributed by atoms with Crippen LogP contribution in [-0.4, -0.2) is 37.7 Å². The molecule has 0 unspecified atom stereocenters. The molecular formula is C18H26O6. The fourth-order valence-corrected chi connectivity index (χ4v) is 1.94. The largest absolute Gasteiger partial charge is 0.462 e. The molecule has 0 aliphatic carbocycles. The fourth-order valence-electron chi connectivity index (χ4n) is 1.94. The molecule has 0 N–H and O–H groups in total. The number of rotatable bonds is 13. The monoisotopic (exact) mass is 338 g/mol. The number of unbranched alkanes of at least 4 members (excludes halogenated alkanes) is 2. The molecule has 0 heterocycles. The second-order valence-electron chi connectivity index (χ2n) is 5.39. The van der Waals surface area contributed by atoms with Crippen LogP contribution in [0.2, 0.25) is 0 Å². The van der Waals surface area contributed by atoms with Crippen LogP contribution in [0.4, 0.5) is 0 Å². The van der Waals surface area contributed by atoms with Crippen LogP contribution in [-0.2, 0) is 28.6 Å². The van der Waals surface area contributed by atoms with Crippen molar-refractivity contribution in [2.75, 3.05) is 19.8 Å². The van der Waals surface area contributed by atoms with Gasteiger partial charge in [0.05, 0.1) is 5.41 Å². The Morgan fingerprint density at radius 1 is 0.792 bits per heavy atom. The Balaban J connectivity index is 5.16. The molecule has 0 aromatic carbocycles. The molecule has 0 saturated heterocycles. The first-order valence-corrected chi connectivity index (χ1v) is 7.80. The molecule has 0 aromatic heterocycles. The van der Waals surface area contributed by atoms with Gasteiger partial charge in [-0.05, 0) is 6.42 Å². The van der Waals surface area contributed by atoms with Gasteiger partial charge in [-0.15, -0.1) is 0 Å². The zero-order chi connectivity index (χ0) is 18.4. The number of hydrogen-bond donors (Lipinski definition) is 0. The molecule has 0 saturated carbocycles. The lowest BCUT2D eigenvalue weighted by Crippen LogP contribution is -2.39. The van der Waals surface area contributed by atoms with Crippen molar-refractivity contribution in [1.82, 2.24) is 0 Å². The maximum Gasteiger partial charge on any atom is 0.330 e. The summed E-state index contributed by atoms with van der Waals surface area (Å²) in [4.78, 5) is 34.2. The Morgan fingerprint density at radius 2 is 1.17 bits per heavy atom. The second kappa shape index (κ2) is 12.1. The molecule has 0 aliphatic rings. The zero-order valence-electron chi connectivity index (χ0n) is 14.3. The van der Waals surface area contributed by atoms with Gasteiger partial charge in [-0.2, -0.15) is 0 Å². The van der Waals surface area contributed by atoms with Gasteiger partial charge in [0.25, 0.3) is 0 Å². The number of hydrogen-bond acceptors (Lipinski definition) is 6. The van der Waals surface area contributed by atoms with Gasteiger partial charge in [0.1, 0.15) is 19.8 Å². The molecule has 0 amide bonds. The molecule has 0 fully saturated rings. The molecule has 0 bridgehead atoms. The van der Waals surface area contributed by atoms with Crippen molar-refractivity contribution in [2.24, 2.45) is 5.41 Å². The molecule has 0 rings (SSSR count). The van der Waals surface area contributed by atoms with E-state index < -0.39 is 23.3 Å². The van der Waals surface area contributed by atoms with Crippen molar-refractivity contribution < 1.29 is 28.6 Å². The van der Waals surface area contributed by atoms with Crippen LogP contribution in [0.5, 0.6) is 0 Å². The number of ether oxygens (including phenoxy) is 3. The van der Waals surface area contributed by atoms with E-state index in [1.807, 2.05) is 0 Å². The SMILES string of the molecule is C=CC(=O)OCC(CCCCC)(COC(=O)C=C)COC(=O)C=C. The highest BCUT2D eigenvalue weighted by molar-refractivity contribution is 5.82. The van der Waals surface area contributed by atoms with Gasteiger partial charge in [-0.1, -0.05) is 45.9 Å². The fraction of sp³-hybridized carbons (Fsp3) is 0.500. The predicted molar refractivity (Wildman–Crippen MR) is 90.0 cm³/mol. The molecule has 0 atom stereocenters. The van der Waals surface area contributed by atoms with Crippen molar-refractivity contribution in [3.63, 3.8) is 0 Å². The lowest BCUT2D eigenvalue weighted by atomic mass is 9.84. The average Bonchev–Trinajstić information content (AvgIpc) is 2.61. The first-order valence-electron chi connectivity index (χ1n) is 7.80. The third-order valence-electron chi connectivity index (χ3n) is 3.37. The summed E-state index contributed by atoms with van der Waals surface area (Å²) in [6.45, 7) is 11.9. The van der Waals surface area contributed by atoms with E-state index in [4.69, 9.17) is 14.2 Å². The highest BCUT2D eigenvalue weighted by Gasteiger charge is 2.35. The average molecular weight is 338 g/mol. The number of esters is 3. The minimum absolute atomic E-state index is 0.0591. The quantitative estimate of drug-likeness (QED) is 0.222. The van der Waals surface area contributed by atoms with Crippen LogP contribution in [0, 0.1) is 5.41 Å². The Bertz CT molecular complexity index is 406. The van der Waals surface area contributed by atoms with Crippen LogP contribution >= 0.6 is 0 Å². The molecule has 134 valence electrons. The van der Waals surface area contributed by atoms with Crippen molar-refractivity contribution in [2.45, 2.75) is 32.6 Å². The van der Waals surface area contributed by atoms with E-state index in [2.05, 4.69) is 26.7 Å². The van der Waals surface area contributed by atoms with E-state index >= 15 is 0 Å². The minimum Gasteiger partial charge on any atom is -0.462 e. The summed E-state index contributed by atoms with van der Waals surface area (Å²) >= 11 is 0. The molecule has 6 nitrogen and oxygen atoms in total.